The highest BCUT2D eigenvalue weighted by Gasteiger charge is 2.42. The van der Waals surface area contributed by atoms with E-state index in [4.69, 9.17) is 0 Å². The Morgan fingerprint density at radius 1 is 1.40 bits per heavy atom. The second-order valence-corrected chi connectivity index (χ2v) is 7.26. The molecule has 0 aliphatic carbocycles. The van der Waals surface area contributed by atoms with E-state index in [1.165, 1.54) is 0 Å². The van der Waals surface area contributed by atoms with Crippen LogP contribution in [0, 0.1) is 16.7 Å². The van der Waals surface area contributed by atoms with Crippen LogP contribution in [0.15, 0.2) is 12.7 Å². The Bertz CT molecular complexity index is 316. The summed E-state index contributed by atoms with van der Waals surface area (Å²) in [5, 5.41) is 0. The first-order valence-corrected chi connectivity index (χ1v) is 8.10. The average Bonchev–Trinajstić information content (AvgIpc) is 2.67. The second kappa shape index (κ2) is 7.85. The zero-order valence-electron chi connectivity index (χ0n) is 14.8. The van der Waals surface area contributed by atoms with E-state index in [-0.39, 0.29) is 10.8 Å². The van der Waals surface area contributed by atoms with Gasteiger partial charge in [-0.1, -0.05) is 61.0 Å². The van der Waals surface area contributed by atoms with E-state index in [1.54, 1.807) is 0 Å². The molecule has 0 saturated carbocycles. The van der Waals surface area contributed by atoms with Gasteiger partial charge in [0.2, 0.25) is 5.91 Å². The molecule has 2 heteroatoms. The van der Waals surface area contributed by atoms with Crippen LogP contribution in [-0.4, -0.2) is 23.9 Å². The molecule has 1 aliphatic rings. The molecule has 0 aromatic carbocycles. The van der Waals surface area contributed by atoms with Crippen LogP contribution in [-0.2, 0) is 4.79 Å². The largest absolute Gasteiger partial charge is 0.342 e. The van der Waals surface area contributed by atoms with Gasteiger partial charge in [-0.05, 0) is 23.2 Å². The van der Waals surface area contributed by atoms with Crippen LogP contribution in [0.5, 0.6) is 0 Å². The van der Waals surface area contributed by atoms with Gasteiger partial charge >= 0.3 is 0 Å². The van der Waals surface area contributed by atoms with Gasteiger partial charge in [0.15, 0.2) is 0 Å². The van der Waals surface area contributed by atoms with Crippen LogP contribution in [0.1, 0.15) is 67.7 Å². The molecule has 1 rings (SSSR count). The molecule has 0 aromatic rings. The molecule has 1 aliphatic heterocycles. The first kappa shape index (κ1) is 19.2. The summed E-state index contributed by atoms with van der Waals surface area (Å²) in [6.07, 6.45) is 4.79. The number of hydrogen-bond acceptors (Lipinski definition) is 1. The van der Waals surface area contributed by atoms with Gasteiger partial charge in [0.1, 0.15) is 0 Å². The summed E-state index contributed by atoms with van der Waals surface area (Å²) >= 11 is 0. The molecule has 0 N–H and O–H groups in total. The van der Waals surface area contributed by atoms with E-state index < -0.39 is 0 Å². The van der Waals surface area contributed by atoms with Crippen LogP contribution < -0.4 is 0 Å². The maximum atomic E-state index is 12.3. The van der Waals surface area contributed by atoms with Gasteiger partial charge < -0.3 is 4.90 Å². The first-order valence-electron chi connectivity index (χ1n) is 8.10. The van der Waals surface area contributed by atoms with Crippen LogP contribution >= 0.6 is 0 Å². The lowest BCUT2D eigenvalue weighted by atomic mass is 9.76. The Kier molecular flexibility index (Phi) is 7.54. The van der Waals surface area contributed by atoms with Crippen LogP contribution in [0.4, 0.5) is 0 Å². The lowest BCUT2D eigenvalue weighted by molar-refractivity contribution is -0.132. The molecule has 1 amide bonds. The summed E-state index contributed by atoms with van der Waals surface area (Å²) in [6, 6.07) is 0. The first-order chi connectivity index (χ1) is 9.22. The quantitative estimate of drug-likeness (QED) is 0.671. The zero-order chi connectivity index (χ0) is 16.0. The van der Waals surface area contributed by atoms with Gasteiger partial charge in [0, 0.05) is 19.5 Å². The van der Waals surface area contributed by atoms with Crippen LogP contribution in [0.3, 0.4) is 0 Å². The molecular formula is C18H35NO. The molecule has 0 aromatic heterocycles. The predicted molar refractivity (Wildman–Crippen MR) is 88.7 cm³/mol. The maximum Gasteiger partial charge on any atom is 0.223 e. The summed E-state index contributed by atoms with van der Waals surface area (Å²) in [4.78, 5) is 14.4. The van der Waals surface area contributed by atoms with Crippen molar-refractivity contribution in [3.8, 4) is 0 Å². The Morgan fingerprint density at radius 2 is 1.95 bits per heavy atom. The van der Waals surface area contributed by atoms with Crippen molar-refractivity contribution < 1.29 is 4.79 Å². The van der Waals surface area contributed by atoms with Crippen molar-refractivity contribution in [3.05, 3.63) is 12.7 Å². The van der Waals surface area contributed by atoms with E-state index in [9.17, 15) is 4.79 Å². The van der Waals surface area contributed by atoms with E-state index in [0.29, 0.717) is 18.2 Å². The molecule has 0 radical (unpaired) electrons. The molecule has 2 nitrogen and oxygen atoms in total. The standard InChI is InChI=1S/C16H29NO.C2H6/c1-7-9-16(6)12-17(11-13(16)8-2)14(18)10-15(3,4)5;1-2/h7,13H,1,8-12H2,2-6H3;1-2H3/t13-,16+;/m0./s1. The highest BCUT2D eigenvalue weighted by atomic mass is 16.2. The van der Waals surface area contributed by atoms with Gasteiger partial charge in [-0.3, -0.25) is 4.79 Å². The zero-order valence-corrected chi connectivity index (χ0v) is 14.8. The van der Waals surface area contributed by atoms with E-state index in [1.807, 2.05) is 19.9 Å². The Hall–Kier alpha value is -0.790. The summed E-state index contributed by atoms with van der Waals surface area (Å²) in [5.41, 5.74) is 0.306. The van der Waals surface area contributed by atoms with Gasteiger partial charge in [-0.15, -0.1) is 6.58 Å². The third-order valence-corrected chi connectivity index (χ3v) is 4.12. The molecular weight excluding hydrogens is 246 g/mol. The average molecular weight is 281 g/mol. The molecule has 1 fully saturated rings. The van der Waals surface area contributed by atoms with Crippen molar-refractivity contribution in [1.82, 2.24) is 4.90 Å². The minimum atomic E-state index is 0.0796. The smallest absolute Gasteiger partial charge is 0.223 e. The predicted octanol–water partition coefficient (Wildman–Crippen LogP) is 4.90. The normalized spacial score (nSPS) is 25.9. The summed E-state index contributed by atoms with van der Waals surface area (Å²) in [7, 11) is 0. The number of likely N-dealkylation sites (tertiary alicyclic amines) is 1. The molecule has 2 atom stereocenters. The van der Waals surface area contributed by atoms with Crippen LogP contribution in [0.2, 0.25) is 0 Å². The molecule has 0 spiro atoms. The van der Waals surface area contributed by atoms with E-state index >= 15 is 0 Å². The number of carbonyl (C=O) groups excluding carboxylic acids is 1. The van der Waals surface area contributed by atoms with Crippen molar-refractivity contribution in [3.63, 3.8) is 0 Å². The minimum Gasteiger partial charge on any atom is -0.342 e. The van der Waals surface area contributed by atoms with Crippen molar-refractivity contribution in [2.45, 2.75) is 67.7 Å². The highest BCUT2D eigenvalue weighted by Crippen LogP contribution is 2.41. The lowest BCUT2D eigenvalue weighted by Gasteiger charge is -2.28. The highest BCUT2D eigenvalue weighted by molar-refractivity contribution is 5.77. The summed E-state index contributed by atoms with van der Waals surface area (Å²) in [5.74, 6) is 0.924. The number of carbonyl (C=O) groups is 1. The summed E-state index contributed by atoms with van der Waals surface area (Å²) in [6.45, 7) is 20.6. The van der Waals surface area contributed by atoms with Gasteiger partial charge in [-0.25, -0.2) is 0 Å². The molecule has 118 valence electrons. The molecule has 20 heavy (non-hydrogen) atoms. The fraction of sp³-hybridized carbons (Fsp3) is 0.833. The van der Waals surface area contributed by atoms with E-state index in [2.05, 4.69) is 46.1 Å². The molecule has 0 bridgehead atoms. The van der Waals surface area contributed by atoms with Crippen LogP contribution in [0.25, 0.3) is 0 Å². The van der Waals surface area contributed by atoms with Crippen molar-refractivity contribution in [2.24, 2.45) is 16.7 Å². The molecule has 0 unspecified atom stereocenters. The SMILES string of the molecule is C=CC[C@]1(C)CN(C(=O)CC(C)(C)C)C[C@@H]1CC.CC. The van der Waals surface area contributed by atoms with Crippen molar-refractivity contribution in [1.29, 1.82) is 0 Å². The van der Waals surface area contributed by atoms with Crippen molar-refractivity contribution >= 4 is 5.91 Å². The number of nitrogens with zero attached hydrogens (tertiary/aromatic N) is 1. The third kappa shape index (κ3) is 5.30. The Labute approximate surface area is 126 Å². The maximum absolute atomic E-state index is 12.3. The van der Waals surface area contributed by atoms with Gasteiger partial charge in [0.05, 0.1) is 0 Å². The fourth-order valence-electron chi connectivity index (χ4n) is 3.05. The number of allylic oxidation sites excluding steroid dienone is 1. The van der Waals surface area contributed by atoms with E-state index in [0.717, 1.165) is 25.9 Å². The molecule has 1 saturated heterocycles. The lowest BCUT2D eigenvalue weighted by Crippen LogP contribution is -2.33. The summed E-state index contributed by atoms with van der Waals surface area (Å²) < 4.78 is 0. The second-order valence-electron chi connectivity index (χ2n) is 7.26. The third-order valence-electron chi connectivity index (χ3n) is 4.12. The Morgan fingerprint density at radius 3 is 2.35 bits per heavy atom. The monoisotopic (exact) mass is 281 g/mol. The Balaban J connectivity index is 0.00000172. The fourth-order valence-corrected chi connectivity index (χ4v) is 3.05. The van der Waals surface area contributed by atoms with Gasteiger partial charge in [0.25, 0.3) is 0 Å². The number of amides is 1. The molecule has 1 heterocycles. The van der Waals surface area contributed by atoms with Crippen molar-refractivity contribution in [2.75, 3.05) is 13.1 Å². The topological polar surface area (TPSA) is 20.3 Å². The minimum absolute atomic E-state index is 0.0796. The number of hydrogen-bond donors (Lipinski definition) is 0. The van der Waals surface area contributed by atoms with Gasteiger partial charge in [-0.2, -0.15) is 0 Å². The number of rotatable bonds is 4.